The van der Waals surface area contributed by atoms with E-state index in [1.807, 2.05) is 6.92 Å². The molecule has 0 aliphatic carbocycles. The topological polar surface area (TPSA) is 0 Å². The Bertz CT molecular complexity index is 272. The second kappa shape index (κ2) is 5.23. The van der Waals surface area contributed by atoms with Crippen molar-refractivity contribution in [1.29, 1.82) is 0 Å². The summed E-state index contributed by atoms with van der Waals surface area (Å²) in [6, 6.07) is 8.66. The van der Waals surface area contributed by atoms with Gasteiger partial charge in [0.2, 0.25) is 0 Å². The van der Waals surface area contributed by atoms with Gasteiger partial charge in [0.25, 0.3) is 0 Å². The fourth-order valence-corrected chi connectivity index (χ4v) is 1.51. The van der Waals surface area contributed by atoms with E-state index in [0.717, 1.165) is 17.3 Å². The summed E-state index contributed by atoms with van der Waals surface area (Å²) in [5, 5.41) is 1.08. The van der Waals surface area contributed by atoms with Gasteiger partial charge in [-0.3, -0.25) is 0 Å². The molecule has 0 heterocycles. The van der Waals surface area contributed by atoms with E-state index >= 15 is 0 Å². The van der Waals surface area contributed by atoms with Gasteiger partial charge < -0.3 is 0 Å². The first-order chi connectivity index (χ1) is 6.24. The summed E-state index contributed by atoms with van der Waals surface area (Å²) >= 11 is 3.43. The van der Waals surface area contributed by atoms with Gasteiger partial charge in [0.05, 0.1) is 0 Å². The van der Waals surface area contributed by atoms with Crippen LogP contribution in [0.1, 0.15) is 24.5 Å². The van der Waals surface area contributed by atoms with Crippen molar-refractivity contribution in [3.8, 4) is 0 Å². The summed E-state index contributed by atoms with van der Waals surface area (Å²) in [6.45, 7) is 5.94. The summed E-state index contributed by atoms with van der Waals surface area (Å²) in [4.78, 5) is 0. The molecule has 0 unspecified atom stereocenters. The summed E-state index contributed by atoms with van der Waals surface area (Å²) < 4.78 is 0. The van der Waals surface area contributed by atoms with Gasteiger partial charge in [0.15, 0.2) is 0 Å². The maximum atomic E-state index is 3.91. The van der Waals surface area contributed by atoms with Crippen LogP contribution in [0.2, 0.25) is 0 Å². The Morgan fingerprint density at radius 2 is 1.92 bits per heavy atom. The van der Waals surface area contributed by atoms with E-state index < -0.39 is 0 Å². The predicted molar refractivity (Wildman–Crippen MR) is 63.3 cm³/mol. The molecule has 1 heteroatoms. The van der Waals surface area contributed by atoms with Crippen molar-refractivity contribution >= 4 is 21.5 Å². The highest BCUT2D eigenvalue weighted by atomic mass is 79.9. The van der Waals surface area contributed by atoms with Gasteiger partial charge in [-0.1, -0.05) is 52.3 Å². The first-order valence-corrected chi connectivity index (χ1v) is 5.67. The van der Waals surface area contributed by atoms with Gasteiger partial charge in [-0.25, -0.2) is 0 Å². The van der Waals surface area contributed by atoms with E-state index in [1.54, 1.807) is 0 Å². The third kappa shape index (κ3) is 3.35. The number of alkyl halides is 1. The fourth-order valence-electron chi connectivity index (χ4n) is 1.23. The summed E-state index contributed by atoms with van der Waals surface area (Å²) in [7, 11) is 0. The molecule has 0 radical (unpaired) electrons. The molecule has 70 valence electrons. The van der Waals surface area contributed by atoms with Crippen LogP contribution in [0.5, 0.6) is 0 Å². The van der Waals surface area contributed by atoms with Crippen LogP contribution in [0, 0.1) is 0 Å². The zero-order valence-electron chi connectivity index (χ0n) is 8.02. The quantitative estimate of drug-likeness (QED) is 0.695. The first-order valence-electron chi connectivity index (χ1n) is 4.55. The van der Waals surface area contributed by atoms with Crippen LogP contribution in [0.15, 0.2) is 30.8 Å². The molecule has 0 aliphatic rings. The van der Waals surface area contributed by atoms with Crippen LogP contribution < -0.4 is 0 Å². The number of hydrogen-bond donors (Lipinski definition) is 0. The highest BCUT2D eigenvalue weighted by Gasteiger charge is 1.94. The maximum absolute atomic E-state index is 3.91. The van der Waals surface area contributed by atoms with Gasteiger partial charge in [-0.2, -0.15) is 0 Å². The number of halogens is 1. The molecule has 13 heavy (non-hydrogen) atoms. The van der Waals surface area contributed by atoms with Crippen molar-refractivity contribution in [3.63, 3.8) is 0 Å². The lowest BCUT2D eigenvalue weighted by Crippen LogP contribution is -1.86. The minimum Gasteiger partial charge on any atom is -0.0955 e. The van der Waals surface area contributed by atoms with Crippen LogP contribution in [-0.2, 0) is 6.42 Å². The predicted octanol–water partition coefficient (Wildman–Crippen LogP) is 4.05. The van der Waals surface area contributed by atoms with Crippen LogP contribution in [-0.4, -0.2) is 5.33 Å². The van der Waals surface area contributed by atoms with Crippen LogP contribution in [0.4, 0.5) is 0 Å². The Morgan fingerprint density at radius 3 is 2.38 bits per heavy atom. The number of aryl methyl sites for hydroxylation is 1. The Morgan fingerprint density at radius 1 is 1.31 bits per heavy atom. The smallest absolute Gasteiger partial charge is 0.00344 e. The fraction of sp³-hybridized carbons (Fsp3) is 0.333. The Labute approximate surface area is 88.8 Å². The molecule has 0 N–H and O–H groups in total. The standard InChI is InChI=1S/C12H15Br/c1-10(2)12-7-5-11(6-8-12)4-3-9-13/h5-8H,1,3-4,9H2,2H3. The zero-order chi connectivity index (χ0) is 9.68. The van der Waals surface area contributed by atoms with E-state index in [1.165, 1.54) is 17.5 Å². The second-order valence-electron chi connectivity index (χ2n) is 3.27. The molecule has 0 saturated heterocycles. The highest BCUT2D eigenvalue weighted by molar-refractivity contribution is 9.09. The summed E-state index contributed by atoms with van der Waals surface area (Å²) in [5.74, 6) is 0. The summed E-state index contributed by atoms with van der Waals surface area (Å²) in [5.41, 5.74) is 3.78. The minimum atomic E-state index is 1.08. The molecule has 0 aliphatic heterocycles. The average Bonchev–Trinajstić information content (AvgIpc) is 2.15. The molecule has 0 bridgehead atoms. The number of allylic oxidation sites excluding steroid dienone is 1. The lowest BCUT2D eigenvalue weighted by Gasteiger charge is -2.02. The summed E-state index contributed by atoms with van der Waals surface area (Å²) in [6.07, 6.45) is 2.36. The molecule has 1 aromatic rings. The maximum Gasteiger partial charge on any atom is 0.00344 e. The van der Waals surface area contributed by atoms with E-state index in [2.05, 4.69) is 46.8 Å². The molecule has 0 aromatic heterocycles. The van der Waals surface area contributed by atoms with Crippen LogP contribution in [0.3, 0.4) is 0 Å². The number of hydrogen-bond acceptors (Lipinski definition) is 0. The zero-order valence-corrected chi connectivity index (χ0v) is 9.60. The van der Waals surface area contributed by atoms with Crippen molar-refractivity contribution in [3.05, 3.63) is 42.0 Å². The molecule has 1 aromatic carbocycles. The van der Waals surface area contributed by atoms with Gasteiger partial charge in [0.1, 0.15) is 0 Å². The molecule has 0 fully saturated rings. The number of benzene rings is 1. The largest absolute Gasteiger partial charge is 0.0955 e. The van der Waals surface area contributed by atoms with Crippen LogP contribution in [0.25, 0.3) is 5.57 Å². The van der Waals surface area contributed by atoms with Gasteiger partial charge in [-0.05, 0) is 30.9 Å². The second-order valence-corrected chi connectivity index (χ2v) is 4.06. The molecule has 0 amide bonds. The molecule has 0 nitrogen and oxygen atoms in total. The molecule has 0 saturated carbocycles. The third-order valence-corrected chi connectivity index (χ3v) is 2.61. The molecule has 1 rings (SSSR count). The normalized spacial score (nSPS) is 10.0. The van der Waals surface area contributed by atoms with Crippen LogP contribution >= 0.6 is 15.9 Å². The Balaban J connectivity index is 2.64. The first kappa shape index (κ1) is 10.5. The monoisotopic (exact) mass is 238 g/mol. The van der Waals surface area contributed by atoms with Gasteiger partial charge in [0, 0.05) is 5.33 Å². The average molecular weight is 239 g/mol. The number of rotatable bonds is 4. The SMILES string of the molecule is C=C(C)c1ccc(CCCBr)cc1. The van der Waals surface area contributed by atoms with E-state index in [9.17, 15) is 0 Å². The lowest BCUT2D eigenvalue weighted by atomic mass is 10.0. The molecular formula is C12H15Br. The van der Waals surface area contributed by atoms with Gasteiger partial charge in [-0.15, -0.1) is 0 Å². The van der Waals surface area contributed by atoms with Crippen molar-refractivity contribution in [2.75, 3.05) is 5.33 Å². The van der Waals surface area contributed by atoms with Gasteiger partial charge >= 0.3 is 0 Å². The third-order valence-electron chi connectivity index (χ3n) is 2.05. The van der Waals surface area contributed by atoms with E-state index in [4.69, 9.17) is 0 Å². The lowest BCUT2D eigenvalue weighted by molar-refractivity contribution is 0.939. The highest BCUT2D eigenvalue weighted by Crippen LogP contribution is 2.13. The van der Waals surface area contributed by atoms with Crippen molar-refractivity contribution < 1.29 is 0 Å². The van der Waals surface area contributed by atoms with E-state index in [-0.39, 0.29) is 0 Å². The van der Waals surface area contributed by atoms with Crippen molar-refractivity contribution in [1.82, 2.24) is 0 Å². The van der Waals surface area contributed by atoms with E-state index in [0.29, 0.717) is 0 Å². The van der Waals surface area contributed by atoms with Crippen molar-refractivity contribution in [2.45, 2.75) is 19.8 Å². The Hall–Kier alpha value is -0.560. The molecular weight excluding hydrogens is 224 g/mol. The molecule has 0 atom stereocenters. The Kier molecular flexibility index (Phi) is 4.23. The molecule has 0 spiro atoms. The van der Waals surface area contributed by atoms with Crippen molar-refractivity contribution in [2.24, 2.45) is 0 Å². The minimum absolute atomic E-state index is 1.08.